The third-order valence-corrected chi connectivity index (χ3v) is 3.50. The fourth-order valence-corrected chi connectivity index (χ4v) is 2.51. The van der Waals surface area contributed by atoms with Crippen molar-refractivity contribution in [3.63, 3.8) is 0 Å². The van der Waals surface area contributed by atoms with Crippen molar-refractivity contribution >= 4 is 11.3 Å². The standard InChI is InChI=1S/C13H24N2S/c1-5-6-12(8-14-10(2)3)7-13-9-16-11(4)15-13/h9-10,12,14H,5-8H2,1-4H3. The van der Waals surface area contributed by atoms with Gasteiger partial charge in [0, 0.05) is 11.4 Å². The van der Waals surface area contributed by atoms with Crippen LogP contribution in [0.15, 0.2) is 5.38 Å². The number of thiazole rings is 1. The van der Waals surface area contributed by atoms with E-state index in [2.05, 4.69) is 43.4 Å². The van der Waals surface area contributed by atoms with E-state index in [0.717, 1.165) is 18.9 Å². The molecule has 0 spiro atoms. The molecule has 1 heterocycles. The van der Waals surface area contributed by atoms with E-state index in [1.165, 1.54) is 23.5 Å². The highest BCUT2D eigenvalue weighted by atomic mass is 32.1. The van der Waals surface area contributed by atoms with Crippen LogP contribution in [0.3, 0.4) is 0 Å². The molecule has 3 heteroatoms. The Bertz CT molecular complexity index is 294. The number of rotatable bonds is 7. The van der Waals surface area contributed by atoms with E-state index in [1.54, 1.807) is 11.3 Å². The molecule has 1 atom stereocenters. The molecule has 0 fully saturated rings. The number of hydrogen-bond donors (Lipinski definition) is 1. The zero-order valence-electron chi connectivity index (χ0n) is 10.9. The lowest BCUT2D eigenvalue weighted by Crippen LogP contribution is -2.30. The molecule has 0 bridgehead atoms. The number of nitrogens with one attached hydrogen (secondary N) is 1. The fourth-order valence-electron chi connectivity index (χ4n) is 1.88. The molecule has 0 amide bonds. The summed E-state index contributed by atoms with van der Waals surface area (Å²) in [7, 11) is 0. The SMILES string of the molecule is CCCC(CNC(C)C)Cc1csc(C)n1. The summed E-state index contributed by atoms with van der Waals surface area (Å²) in [5.41, 5.74) is 1.27. The van der Waals surface area contributed by atoms with Crippen LogP contribution in [0.5, 0.6) is 0 Å². The van der Waals surface area contributed by atoms with Crippen molar-refractivity contribution in [1.29, 1.82) is 0 Å². The van der Waals surface area contributed by atoms with Crippen LogP contribution in [0, 0.1) is 12.8 Å². The molecule has 0 aliphatic rings. The van der Waals surface area contributed by atoms with Gasteiger partial charge in [-0.1, -0.05) is 27.2 Å². The summed E-state index contributed by atoms with van der Waals surface area (Å²) < 4.78 is 0. The predicted octanol–water partition coefficient (Wildman–Crippen LogP) is 3.41. The Morgan fingerprint density at radius 1 is 1.44 bits per heavy atom. The van der Waals surface area contributed by atoms with E-state index < -0.39 is 0 Å². The van der Waals surface area contributed by atoms with Crippen molar-refractivity contribution in [2.24, 2.45) is 5.92 Å². The van der Waals surface area contributed by atoms with E-state index in [-0.39, 0.29) is 0 Å². The number of aromatic nitrogens is 1. The van der Waals surface area contributed by atoms with Crippen LogP contribution in [-0.2, 0) is 6.42 Å². The number of aryl methyl sites for hydroxylation is 1. The first-order chi connectivity index (χ1) is 7.61. The smallest absolute Gasteiger partial charge is 0.0897 e. The first kappa shape index (κ1) is 13.7. The van der Waals surface area contributed by atoms with E-state index in [9.17, 15) is 0 Å². The molecule has 0 aromatic carbocycles. The molecule has 1 aromatic rings. The first-order valence-electron chi connectivity index (χ1n) is 6.26. The van der Waals surface area contributed by atoms with E-state index >= 15 is 0 Å². The minimum absolute atomic E-state index is 0.580. The van der Waals surface area contributed by atoms with Crippen LogP contribution >= 0.6 is 11.3 Å². The maximum absolute atomic E-state index is 4.55. The van der Waals surface area contributed by atoms with Crippen molar-refractivity contribution in [3.05, 3.63) is 16.1 Å². The molecule has 1 unspecified atom stereocenters. The fraction of sp³-hybridized carbons (Fsp3) is 0.769. The van der Waals surface area contributed by atoms with Gasteiger partial charge in [0.15, 0.2) is 0 Å². The van der Waals surface area contributed by atoms with E-state index in [0.29, 0.717) is 6.04 Å². The van der Waals surface area contributed by atoms with Gasteiger partial charge >= 0.3 is 0 Å². The third-order valence-electron chi connectivity index (χ3n) is 2.68. The molecular formula is C13H24N2S. The van der Waals surface area contributed by atoms with Gasteiger partial charge in [-0.3, -0.25) is 0 Å². The summed E-state index contributed by atoms with van der Waals surface area (Å²) in [4.78, 5) is 4.55. The average Bonchev–Trinajstić information content (AvgIpc) is 2.61. The first-order valence-corrected chi connectivity index (χ1v) is 7.14. The zero-order valence-corrected chi connectivity index (χ0v) is 11.7. The second-order valence-electron chi connectivity index (χ2n) is 4.78. The van der Waals surface area contributed by atoms with Crippen LogP contribution in [0.1, 0.15) is 44.3 Å². The normalized spacial score (nSPS) is 13.3. The quantitative estimate of drug-likeness (QED) is 0.790. The van der Waals surface area contributed by atoms with E-state index in [4.69, 9.17) is 0 Å². The highest BCUT2D eigenvalue weighted by Gasteiger charge is 2.11. The molecule has 1 rings (SSSR count). The molecule has 0 radical (unpaired) electrons. The maximum atomic E-state index is 4.55. The number of nitrogens with zero attached hydrogens (tertiary/aromatic N) is 1. The lowest BCUT2D eigenvalue weighted by Gasteiger charge is -2.17. The molecule has 2 nitrogen and oxygen atoms in total. The second-order valence-corrected chi connectivity index (χ2v) is 5.84. The van der Waals surface area contributed by atoms with Gasteiger partial charge in [-0.2, -0.15) is 0 Å². The van der Waals surface area contributed by atoms with Crippen molar-refractivity contribution in [3.8, 4) is 0 Å². The molecule has 92 valence electrons. The van der Waals surface area contributed by atoms with Crippen LogP contribution in [0.4, 0.5) is 0 Å². The number of hydrogen-bond acceptors (Lipinski definition) is 3. The zero-order chi connectivity index (χ0) is 12.0. The summed E-state index contributed by atoms with van der Waals surface area (Å²) in [6.07, 6.45) is 3.67. The van der Waals surface area contributed by atoms with Gasteiger partial charge in [0.05, 0.1) is 10.7 Å². The summed E-state index contributed by atoms with van der Waals surface area (Å²) >= 11 is 1.76. The Hall–Kier alpha value is -0.410. The Kier molecular flexibility index (Phi) is 5.99. The lowest BCUT2D eigenvalue weighted by atomic mass is 9.98. The summed E-state index contributed by atoms with van der Waals surface area (Å²) in [6.45, 7) is 9.86. The third kappa shape index (κ3) is 5.08. The Balaban J connectivity index is 2.43. The molecule has 0 aliphatic carbocycles. The summed E-state index contributed by atoms with van der Waals surface area (Å²) in [6, 6.07) is 0.580. The van der Waals surface area contributed by atoms with Gasteiger partial charge in [-0.15, -0.1) is 11.3 Å². The van der Waals surface area contributed by atoms with Crippen LogP contribution in [0.25, 0.3) is 0 Å². The Morgan fingerprint density at radius 2 is 2.19 bits per heavy atom. The van der Waals surface area contributed by atoms with Crippen molar-refractivity contribution in [2.45, 2.75) is 53.0 Å². The van der Waals surface area contributed by atoms with E-state index in [1.807, 2.05) is 0 Å². The van der Waals surface area contributed by atoms with Gasteiger partial charge in [0.1, 0.15) is 0 Å². The molecule has 0 aliphatic heterocycles. The molecule has 1 aromatic heterocycles. The molecular weight excluding hydrogens is 216 g/mol. The highest BCUT2D eigenvalue weighted by molar-refractivity contribution is 7.09. The summed E-state index contributed by atoms with van der Waals surface area (Å²) in [5, 5.41) is 6.92. The minimum Gasteiger partial charge on any atom is -0.314 e. The highest BCUT2D eigenvalue weighted by Crippen LogP contribution is 2.16. The average molecular weight is 240 g/mol. The van der Waals surface area contributed by atoms with Crippen LogP contribution in [0.2, 0.25) is 0 Å². The van der Waals surface area contributed by atoms with Crippen LogP contribution in [-0.4, -0.2) is 17.6 Å². The second kappa shape index (κ2) is 7.02. The molecule has 1 N–H and O–H groups in total. The van der Waals surface area contributed by atoms with Gasteiger partial charge in [-0.25, -0.2) is 4.98 Å². The van der Waals surface area contributed by atoms with Crippen molar-refractivity contribution < 1.29 is 0 Å². The van der Waals surface area contributed by atoms with Gasteiger partial charge < -0.3 is 5.32 Å². The monoisotopic (exact) mass is 240 g/mol. The largest absolute Gasteiger partial charge is 0.314 e. The Morgan fingerprint density at radius 3 is 2.69 bits per heavy atom. The van der Waals surface area contributed by atoms with Gasteiger partial charge in [0.25, 0.3) is 0 Å². The summed E-state index contributed by atoms with van der Waals surface area (Å²) in [5.74, 6) is 0.730. The van der Waals surface area contributed by atoms with Crippen molar-refractivity contribution in [1.82, 2.24) is 10.3 Å². The molecule has 16 heavy (non-hydrogen) atoms. The molecule has 0 saturated heterocycles. The molecule has 0 saturated carbocycles. The van der Waals surface area contributed by atoms with Gasteiger partial charge in [-0.05, 0) is 32.2 Å². The maximum Gasteiger partial charge on any atom is 0.0897 e. The minimum atomic E-state index is 0.580. The predicted molar refractivity (Wildman–Crippen MR) is 72.1 cm³/mol. The van der Waals surface area contributed by atoms with Gasteiger partial charge in [0.2, 0.25) is 0 Å². The lowest BCUT2D eigenvalue weighted by molar-refractivity contribution is 0.416. The van der Waals surface area contributed by atoms with Crippen molar-refractivity contribution in [2.75, 3.05) is 6.54 Å². The van der Waals surface area contributed by atoms with Crippen LogP contribution < -0.4 is 5.32 Å². The topological polar surface area (TPSA) is 24.9 Å². The Labute approximate surface area is 103 Å².